The number of hydrogen-bond acceptors (Lipinski definition) is 6. The summed E-state index contributed by atoms with van der Waals surface area (Å²) in [4.78, 5) is 19.4. The van der Waals surface area contributed by atoms with Crippen LogP contribution < -0.4 is 9.62 Å². The molecule has 30 heavy (non-hydrogen) atoms. The molecule has 0 spiro atoms. The van der Waals surface area contributed by atoms with Crippen LogP contribution in [-0.4, -0.2) is 34.7 Å². The second-order valence-electron chi connectivity index (χ2n) is 6.57. The Morgan fingerprint density at radius 3 is 2.30 bits per heavy atom. The van der Waals surface area contributed by atoms with Crippen LogP contribution in [-0.2, 0) is 10.0 Å². The van der Waals surface area contributed by atoms with Gasteiger partial charge in [0.15, 0.2) is 5.82 Å². The highest BCUT2D eigenvalue weighted by Gasteiger charge is 2.31. The summed E-state index contributed by atoms with van der Waals surface area (Å²) in [6.07, 6.45) is 1.31. The van der Waals surface area contributed by atoms with Crippen molar-refractivity contribution in [3.8, 4) is 0 Å². The van der Waals surface area contributed by atoms with Crippen molar-refractivity contribution >= 4 is 50.7 Å². The van der Waals surface area contributed by atoms with Crippen LogP contribution in [0.2, 0.25) is 5.02 Å². The van der Waals surface area contributed by atoms with E-state index in [-0.39, 0.29) is 22.4 Å². The number of carbonyl (C=O) groups is 1. The molecule has 0 unspecified atom stereocenters. The van der Waals surface area contributed by atoms with E-state index >= 15 is 0 Å². The van der Waals surface area contributed by atoms with Gasteiger partial charge in [-0.3, -0.25) is 0 Å². The van der Waals surface area contributed by atoms with E-state index in [9.17, 15) is 13.2 Å². The number of halogens is 1. The Bertz CT molecular complexity index is 1150. The monoisotopic (exact) mass is 446 g/mol. The van der Waals surface area contributed by atoms with Crippen molar-refractivity contribution in [1.29, 1.82) is 0 Å². The first-order chi connectivity index (χ1) is 14.2. The van der Waals surface area contributed by atoms with Crippen LogP contribution in [0.15, 0.2) is 60.8 Å². The molecule has 10 heteroatoms. The molecule has 0 aliphatic heterocycles. The second kappa shape index (κ2) is 8.68. The normalized spacial score (nSPS) is 11.3. The number of para-hydroxylation sites is 1. The first-order valence-electron chi connectivity index (χ1n) is 8.92. The fourth-order valence-corrected chi connectivity index (χ4v) is 3.99. The molecule has 2 N–H and O–H groups in total. The maximum atomic E-state index is 13.1. The van der Waals surface area contributed by atoms with Gasteiger partial charge >= 0.3 is 5.97 Å². The van der Waals surface area contributed by atoms with E-state index in [0.29, 0.717) is 11.4 Å². The van der Waals surface area contributed by atoms with Gasteiger partial charge in [-0.05, 0) is 50.2 Å². The first-order valence-corrected chi connectivity index (χ1v) is 10.8. The third-order valence-corrected chi connectivity index (χ3v) is 6.50. The van der Waals surface area contributed by atoms with Crippen molar-refractivity contribution in [1.82, 2.24) is 9.97 Å². The highest BCUT2D eigenvalue weighted by atomic mass is 35.5. The van der Waals surface area contributed by atoms with Crippen LogP contribution in [0.1, 0.15) is 24.2 Å². The van der Waals surface area contributed by atoms with Crippen LogP contribution >= 0.6 is 11.6 Å². The Balaban J connectivity index is 2.04. The van der Waals surface area contributed by atoms with Gasteiger partial charge in [0, 0.05) is 5.69 Å². The molecule has 3 rings (SSSR count). The molecule has 0 aliphatic carbocycles. The zero-order chi connectivity index (χ0) is 21.9. The maximum absolute atomic E-state index is 13.1. The number of sulfonamides is 1. The molecule has 0 radical (unpaired) electrons. The largest absolute Gasteiger partial charge is 0.478 e. The van der Waals surface area contributed by atoms with Crippen LogP contribution in [0.25, 0.3) is 0 Å². The minimum absolute atomic E-state index is 0.0104. The van der Waals surface area contributed by atoms with Crippen molar-refractivity contribution < 1.29 is 18.3 Å². The van der Waals surface area contributed by atoms with E-state index in [1.54, 1.807) is 56.3 Å². The zero-order valence-electron chi connectivity index (χ0n) is 16.2. The molecule has 2 aromatic carbocycles. The summed E-state index contributed by atoms with van der Waals surface area (Å²) in [7, 11) is -3.81. The average Bonchev–Trinajstić information content (AvgIpc) is 2.71. The molecule has 0 fully saturated rings. The summed E-state index contributed by atoms with van der Waals surface area (Å²) in [6.45, 7) is 3.15. The van der Waals surface area contributed by atoms with Crippen molar-refractivity contribution in [2.45, 2.75) is 19.1 Å². The van der Waals surface area contributed by atoms with E-state index in [1.807, 2.05) is 0 Å². The van der Waals surface area contributed by atoms with Gasteiger partial charge < -0.3 is 10.4 Å². The minimum atomic E-state index is -3.81. The van der Waals surface area contributed by atoms with Crippen LogP contribution in [0, 0.1) is 0 Å². The molecule has 0 aliphatic rings. The lowest BCUT2D eigenvalue weighted by Crippen LogP contribution is -2.33. The van der Waals surface area contributed by atoms with Crippen LogP contribution in [0.3, 0.4) is 0 Å². The predicted octanol–water partition coefficient (Wildman–Crippen LogP) is 4.45. The predicted molar refractivity (Wildman–Crippen MR) is 116 cm³/mol. The number of rotatable bonds is 7. The Morgan fingerprint density at radius 1 is 1.10 bits per heavy atom. The molecule has 3 aromatic rings. The number of nitrogens with zero attached hydrogens (tertiary/aromatic N) is 3. The number of anilines is 4. The quantitative estimate of drug-likeness (QED) is 0.551. The van der Waals surface area contributed by atoms with Gasteiger partial charge in [-0.1, -0.05) is 29.8 Å². The van der Waals surface area contributed by atoms with Crippen molar-refractivity contribution in [2.75, 3.05) is 9.62 Å². The summed E-state index contributed by atoms with van der Waals surface area (Å²) in [5, 5.41) is 11.3. The fraction of sp³-hybridized carbons (Fsp3) is 0.150. The van der Waals surface area contributed by atoms with Gasteiger partial charge in [0.2, 0.25) is 16.0 Å². The molecule has 0 bridgehead atoms. The number of aromatic carboxylic acids is 1. The molecule has 1 heterocycles. The lowest BCUT2D eigenvalue weighted by molar-refractivity contribution is 0.0697. The molecule has 0 saturated heterocycles. The number of hydrogen-bond donors (Lipinski definition) is 2. The highest BCUT2D eigenvalue weighted by molar-refractivity contribution is 7.93. The van der Waals surface area contributed by atoms with E-state index in [2.05, 4.69) is 15.3 Å². The number of carboxylic acids is 1. The van der Waals surface area contributed by atoms with Gasteiger partial charge in [0.05, 0.1) is 22.7 Å². The lowest BCUT2D eigenvalue weighted by Gasteiger charge is -2.26. The van der Waals surface area contributed by atoms with Crippen LogP contribution in [0.4, 0.5) is 23.1 Å². The van der Waals surface area contributed by atoms with Crippen LogP contribution in [0.5, 0.6) is 0 Å². The van der Waals surface area contributed by atoms with E-state index in [0.717, 1.165) is 4.31 Å². The molecule has 156 valence electrons. The lowest BCUT2D eigenvalue weighted by atomic mass is 10.2. The minimum Gasteiger partial charge on any atom is -0.478 e. The fourth-order valence-electron chi connectivity index (χ4n) is 2.55. The number of carboxylic acid groups (broad SMARTS) is 1. The van der Waals surface area contributed by atoms with Gasteiger partial charge in [-0.25, -0.2) is 22.5 Å². The van der Waals surface area contributed by atoms with Gasteiger partial charge in [0.1, 0.15) is 5.02 Å². The molecule has 8 nitrogen and oxygen atoms in total. The topological polar surface area (TPSA) is 112 Å². The Hall–Kier alpha value is -3.17. The van der Waals surface area contributed by atoms with Crippen molar-refractivity contribution in [3.05, 3.63) is 71.4 Å². The Morgan fingerprint density at radius 2 is 1.73 bits per heavy atom. The summed E-state index contributed by atoms with van der Waals surface area (Å²) in [6, 6.07) is 14.5. The first kappa shape index (κ1) is 21.5. The maximum Gasteiger partial charge on any atom is 0.335 e. The summed E-state index contributed by atoms with van der Waals surface area (Å²) in [5.74, 6) is -0.919. The van der Waals surface area contributed by atoms with Crippen molar-refractivity contribution in [3.63, 3.8) is 0 Å². The molecule has 0 atom stereocenters. The summed E-state index contributed by atoms with van der Waals surface area (Å²) < 4.78 is 27.3. The number of aromatic nitrogens is 2. The van der Waals surface area contributed by atoms with E-state index < -0.39 is 21.2 Å². The smallest absolute Gasteiger partial charge is 0.335 e. The number of benzene rings is 2. The molecule has 0 amide bonds. The summed E-state index contributed by atoms with van der Waals surface area (Å²) in [5.41, 5.74) is 1.06. The van der Waals surface area contributed by atoms with E-state index in [4.69, 9.17) is 16.7 Å². The average molecular weight is 447 g/mol. The van der Waals surface area contributed by atoms with Gasteiger partial charge in [0.25, 0.3) is 0 Å². The van der Waals surface area contributed by atoms with Gasteiger partial charge in [-0.2, -0.15) is 4.98 Å². The standard InChI is InChI=1S/C20H19ClN4O4S/c1-13(2)30(28,29)25(16-6-4-3-5-7-16)18-17(21)12-22-20(24-18)23-15-10-8-14(9-11-15)19(26)27/h3-13H,1-2H3,(H,26,27)(H,22,23,24). The molecular formula is C20H19ClN4O4S. The number of nitrogens with one attached hydrogen (secondary N) is 1. The zero-order valence-corrected chi connectivity index (χ0v) is 17.7. The highest BCUT2D eigenvalue weighted by Crippen LogP contribution is 2.34. The van der Waals surface area contributed by atoms with E-state index in [1.165, 1.54) is 18.3 Å². The summed E-state index contributed by atoms with van der Waals surface area (Å²) >= 11 is 6.29. The molecule has 1 aromatic heterocycles. The SMILES string of the molecule is CC(C)S(=O)(=O)N(c1ccccc1)c1nc(Nc2ccc(C(=O)O)cc2)ncc1Cl. The third-order valence-electron chi connectivity index (χ3n) is 4.15. The van der Waals surface area contributed by atoms with Gasteiger partial charge in [-0.15, -0.1) is 0 Å². The molecular weight excluding hydrogens is 428 g/mol. The Labute approximate surface area is 179 Å². The Kier molecular flexibility index (Phi) is 6.23. The second-order valence-corrected chi connectivity index (χ2v) is 9.31. The molecule has 0 saturated carbocycles. The third kappa shape index (κ3) is 4.52. The van der Waals surface area contributed by atoms with Crippen molar-refractivity contribution in [2.24, 2.45) is 0 Å².